The number of fused-ring (bicyclic) bond motifs is 5. The van der Waals surface area contributed by atoms with Gasteiger partial charge in [-0.15, -0.1) is 35.9 Å². The summed E-state index contributed by atoms with van der Waals surface area (Å²) in [7, 11) is 0. The molecule has 1 radical (unpaired) electrons. The summed E-state index contributed by atoms with van der Waals surface area (Å²) in [5.74, 6) is -0.292. The second-order valence-corrected chi connectivity index (χ2v) is 8.72. The maximum Gasteiger partial charge on any atom is 0.155 e. The molecular weight excluding hydrogens is 606 g/mol. The minimum absolute atomic E-state index is 0. The predicted molar refractivity (Wildman–Crippen MR) is 131 cm³/mol. The number of hydrogen-bond acceptors (Lipinski definition) is 3. The first-order valence-corrected chi connectivity index (χ1v) is 10.8. The zero-order valence-electron chi connectivity index (χ0n) is 19.4. The van der Waals surface area contributed by atoms with Gasteiger partial charge >= 0.3 is 0 Å². The number of aliphatic hydroxyl groups is 1. The van der Waals surface area contributed by atoms with Crippen LogP contribution in [0.2, 0.25) is 0 Å². The number of nitrogens with zero attached hydrogens (tertiary/aromatic N) is 1. The first kappa shape index (κ1) is 25.5. The third-order valence-electron chi connectivity index (χ3n) is 5.82. The molecule has 1 N–H and O–H groups in total. The Labute approximate surface area is 212 Å². The van der Waals surface area contributed by atoms with E-state index in [4.69, 9.17) is 10.1 Å². The molecule has 0 spiro atoms. The molecule has 4 aromatic rings. The van der Waals surface area contributed by atoms with E-state index in [2.05, 4.69) is 44.2 Å². The zero-order chi connectivity index (χ0) is 23.8. The van der Waals surface area contributed by atoms with Crippen LogP contribution in [-0.4, -0.2) is 15.9 Å². The Bertz CT molecular complexity index is 1390. The molecular formula is C29H25FIrNO2-. The van der Waals surface area contributed by atoms with Crippen LogP contribution in [-0.2, 0) is 30.3 Å². The molecule has 0 amide bonds. The molecule has 34 heavy (non-hydrogen) atoms. The standard InChI is InChI=1S/C24H17FN.C5H8O2.Ir/c1-24(2)19-11-7-6-10-17(19)21-22(24)18-14-16(25)12-13-20(18)26-23(21)15-8-4-3-5-9-15;1-4(6)3-5(2)7;/h3-8,10-14H,1-2H3;3,6H,1-2H3;/q-1;;/b;4-3-;. The summed E-state index contributed by atoms with van der Waals surface area (Å²) >= 11 is 0. The molecule has 3 aromatic carbocycles. The summed E-state index contributed by atoms with van der Waals surface area (Å²) in [6.07, 6.45) is 1.17. The molecule has 5 rings (SSSR count). The van der Waals surface area contributed by atoms with Crippen LogP contribution in [0.5, 0.6) is 0 Å². The molecule has 0 bridgehead atoms. The molecule has 0 atom stereocenters. The van der Waals surface area contributed by atoms with Gasteiger partial charge in [-0.1, -0.05) is 38.1 Å². The van der Waals surface area contributed by atoms with Crippen molar-refractivity contribution >= 4 is 16.7 Å². The van der Waals surface area contributed by atoms with Crippen molar-refractivity contribution in [3.05, 3.63) is 102 Å². The molecule has 1 aromatic heterocycles. The van der Waals surface area contributed by atoms with Crippen molar-refractivity contribution in [1.29, 1.82) is 0 Å². The van der Waals surface area contributed by atoms with E-state index in [1.807, 2.05) is 24.3 Å². The molecule has 1 aliphatic rings. The smallest absolute Gasteiger partial charge is 0.155 e. The number of carbonyl (C=O) groups excluding carboxylic acids is 1. The van der Waals surface area contributed by atoms with Crippen LogP contribution in [0, 0.1) is 11.9 Å². The Morgan fingerprint density at radius 1 is 1.06 bits per heavy atom. The molecule has 175 valence electrons. The zero-order valence-corrected chi connectivity index (χ0v) is 21.8. The number of benzene rings is 3. The van der Waals surface area contributed by atoms with Crippen molar-refractivity contribution in [2.24, 2.45) is 0 Å². The van der Waals surface area contributed by atoms with Crippen molar-refractivity contribution in [3.63, 3.8) is 0 Å². The Hall–Kier alpha value is -3.14. The third-order valence-corrected chi connectivity index (χ3v) is 5.82. The number of carbonyl (C=O) groups is 1. The third kappa shape index (κ3) is 4.72. The minimum Gasteiger partial charge on any atom is -0.512 e. The van der Waals surface area contributed by atoms with Crippen LogP contribution in [0.3, 0.4) is 0 Å². The first-order chi connectivity index (χ1) is 15.7. The molecule has 1 heterocycles. The first-order valence-electron chi connectivity index (χ1n) is 10.8. The Balaban J connectivity index is 0.000000357. The fourth-order valence-electron chi connectivity index (χ4n) is 4.56. The summed E-state index contributed by atoms with van der Waals surface area (Å²) in [6, 6.07) is 24.5. The van der Waals surface area contributed by atoms with E-state index in [9.17, 15) is 9.18 Å². The SMILES string of the molecule is CC(=O)/C=C(/C)O.CC1(C)c2ccccc2-c2c(-c3[c-]cccc3)nc3ccc(F)cc3c21.[Ir]. The number of hydrogen-bond donors (Lipinski definition) is 1. The molecule has 0 fully saturated rings. The van der Waals surface area contributed by atoms with Crippen LogP contribution in [0.4, 0.5) is 4.39 Å². The van der Waals surface area contributed by atoms with Crippen LogP contribution < -0.4 is 0 Å². The number of aliphatic hydroxyl groups excluding tert-OH is 1. The average molecular weight is 631 g/mol. The van der Waals surface area contributed by atoms with Gasteiger partial charge in [0.25, 0.3) is 0 Å². The Kier molecular flexibility index (Phi) is 7.50. The monoisotopic (exact) mass is 631 g/mol. The summed E-state index contributed by atoms with van der Waals surface area (Å²) in [5, 5.41) is 9.25. The van der Waals surface area contributed by atoms with E-state index in [1.54, 1.807) is 12.1 Å². The second kappa shape index (κ2) is 10.0. The number of halogens is 1. The van der Waals surface area contributed by atoms with E-state index in [1.165, 1.54) is 37.1 Å². The minimum atomic E-state index is -0.229. The van der Waals surface area contributed by atoms with Crippen molar-refractivity contribution in [2.45, 2.75) is 33.1 Å². The summed E-state index contributed by atoms with van der Waals surface area (Å²) in [4.78, 5) is 14.9. The quantitative estimate of drug-likeness (QED) is 0.145. The molecule has 1 aliphatic carbocycles. The Morgan fingerprint density at radius 3 is 2.38 bits per heavy atom. The van der Waals surface area contributed by atoms with Gasteiger partial charge < -0.3 is 5.11 Å². The maximum absolute atomic E-state index is 14.1. The van der Waals surface area contributed by atoms with Crippen LogP contribution in [0.15, 0.2) is 78.6 Å². The van der Waals surface area contributed by atoms with Gasteiger partial charge in [0.05, 0.1) is 11.3 Å². The number of rotatable bonds is 2. The number of pyridine rings is 1. The summed E-state index contributed by atoms with van der Waals surface area (Å²) < 4.78 is 14.1. The molecule has 0 unspecified atom stereocenters. The molecule has 0 saturated carbocycles. The molecule has 0 saturated heterocycles. The fourth-order valence-corrected chi connectivity index (χ4v) is 4.56. The number of allylic oxidation sites excluding steroid dienone is 2. The van der Waals surface area contributed by atoms with Gasteiger partial charge in [-0.25, -0.2) is 4.39 Å². The average Bonchev–Trinajstić information content (AvgIpc) is 3.01. The van der Waals surface area contributed by atoms with Gasteiger partial charge in [0.15, 0.2) is 5.78 Å². The van der Waals surface area contributed by atoms with Crippen molar-refractivity contribution in [3.8, 4) is 22.4 Å². The molecule has 5 heteroatoms. The van der Waals surface area contributed by atoms with Gasteiger partial charge in [-0.2, -0.15) is 0 Å². The van der Waals surface area contributed by atoms with Crippen molar-refractivity contribution in [1.82, 2.24) is 4.98 Å². The van der Waals surface area contributed by atoms with Gasteiger partial charge in [0, 0.05) is 37.0 Å². The number of aromatic nitrogens is 1. The second-order valence-electron chi connectivity index (χ2n) is 8.72. The van der Waals surface area contributed by atoms with E-state index in [0.29, 0.717) is 0 Å². The van der Waals surface area contributed by atoms with E-state index < -0.39 is 0 Å². The maximum atomic E-state index is 14.1. The van der Waals surface area contributed by atoms with Gasteiger partial charge in [0.2, 0.25) is 0 Å². The fraction of sp³-hybridized carbons (Fsp3) is 0.172. The van der Waals surface area contributed by atoms with Crippen LogP contribution in [0.1, 0.15) is 38.8 Å². The largest absolute Gasteiger partial charge is 0.512 e. The van der Waals surface area contributed by atoms with Gasteiger partial charge in [-0.3, -0.25) is 9.78 Å². The van der Waals surface area contributed by atoms with Crippen LogP contribution >= 0.6 is 0 Å². The van der Waals surface area contributed by atoms with Crippen molar-refractivity contribution < 1.29 is 34.4 Å². The van der Waals surface area contributed by atoms with E-state index in [0.717, 1.165) is 33.3 Å². The van der Waals surface area contributed by atoms with E-state index >= 15 is 0 Å². The van der Waals surface area contributed by atoms with Gasteiger partial charge in [0.1, 0.15) is 5.82 Å². The Morgan fingerprint density at radius 2 is 1.76 bits per heavy atom. The normalized spacial score (nSPS) is 13.3. The van der Waals surface area contributed by atoms with Gasteiger partial charge in [-0.05, 0) is 60.0 Å². The van der Waals surface area contributed by atoms with Crippen LogP contribution in [0.25, 0.3) is 33.3 Å². The molecule has 3 nitrogen and oxygen atoms in total. The van der Waals surface area contributed by atoms with E-state index in [-0.39, 0.29) is 42.9 Å². The number of ketones is 1. The topological polar surface area (TPSA) is 50.2 Å². The summed E-state index contributed by atoms with van der Waals surface area (Å²) in [5.41, 5.74) is 7.16. The van der Waals surface area contributed by atoms with Crippen molar-refractivity contribution in [2.75, 3.05) is 0 Å². The summed E-state index contributed by atoms with van der Waals surface area (Å²) in [6.45, 7) is 7.27. The molecule has 0 aliphatic heterocycles. The predicted octanol–water partition coefficient (Wildman–Crippen LogP) is 7.18.